The van der Waals surface area contributed by atoms with Crippen LogP contribution < -0.4 is 0 Å². The summed E-state index contributed by atoms with van der Waals surface area (Å²) in [4.78, 5) is 11.4. The molecule has 0 saturated carbocycles. The van der Waals surface area contributed by atoms with Gasteiger partial charge in [0, 0.05) is 6.42 Å². The first kappa shape index (κ1) is 20.7. The Labute approximate surface area is 134 Å². The van der Waals surface area contributed by atoms with Gasteiger partial charge in [-0.05, 0) is 12.8 Å². The fourth-order valence-corrected chi connectivity index (χ4v) is 3.18. The second-order valence-corrected chi connectivity index (χ2v) is 6.89. The van der Waals surface area contributed by atoms with E-state index in [0.29, 0.717) is 11.7 Å². The van der Waals surface area contributed by atoms with E-state index in [1.807, 2.05) is 0 Å². The van der Waals surface area contributed by atoms with Gasteiger partial charge in [0.15, 0.2) is 0 Å². The van der Waals surface area contributed by atoms with Crippen molar-refractivity contribution >= 4 is 5.78 Å². The van der Waals surface area contributed by atoms with E-state index in [9.17, 15) is 4.79 Å². The summed E-state index contributed by atoms with van der Waals surface area (Å²) >= 11 is 0. The van der Waals surface area contributed by atoms with Crippen LogP contribution in [0, 0.1) is 5.92 Å². The van der Waals surface area contributed by atoms with Crippen molar-refractivity contribution in [1.29, 1.82) is 0 Å². The van der Waals surface area contributed by atoms with Crippen molar-refractivity contribution in [2.45, 2.75) is 117 Å². The first-order valence-corrected chi connectivity index (χ1v) is 9.70. The van der Waals surface area contributed by atoms with Crippen molar-refractivity contribution in [2.24, 2.45) is 5.92 Å². The average Bonchev–Trinajstić information content (AvgIpc) is 2.45. The Morgan fingerprint density at radius 3 is 1.43 bits per heavy atom. The second kappa shape index (κ2) is 16.0. The highest BCUT2D eigenvalue weighted by Gasteiger charge is 2.10. The number of hydrogen-bond acceptors (Lipinski definition) is 1. The van der Waals surface area contributed by atoms with Crippen molar-refractivity contribution in [2.75, 3.05) is 0 Å². The van der Waals surface area contributed by atoms with E-state index < -0.39 is 0 Å². The van der Waals surface area contributed by atoms with Gasteiger partial charge in [-0.1, -0.05) is 104 Å². The Morgan fingerprint density at radius 1 is 0.667 bits per heavy atom. The molecule has 0 heterocycles. The average molecular weight is 297 g/mol. The van der Waals surface area contributed by atoms with Gasteiger partial charge in [-0.2, -0.15) is 0 Å². The van der Waals surface area contributed by atoms with Crippen LogP contribution in [0.2, 0.25) is 0 Å². The summed E-state index contributed by atoms with van der Waals surface area (Å²) in [6.45, 7) is 6.29. The first-order valence-electron chi connectivity index (χ1n) is 9.70. The maximum atomic E-state index is 11.4. The minimum absolute atomic E-state index is 0.386. The van der Waals surface area contributed by atoms with Crippen LogP contribution in [0.3, 0.4) is 0 Å². The molecule has 0 aromatic heterocycles. The van der Waals surface area contributed by atoms with E-state index in [4.69, 9.17) is 0 Å². The van der Waals surface area contributed by atoms with Crippen molar-refractivity contribution in [3.63, 3.8) is 0 Å². The van der Waals surface area contributed by atoms with Crippen LogP contribution in [0.15, 0.2) is 0 Å². The van der Waals surface area contributed by atoms with Crippen molar-refractivity contribution in [3.05, 3.63) is 0 Å². The number of Topliss-reactive ketones (excluding diaryl/α,β-unsaturated/α-hetero) is 1. The molecule has 1 nitrogen and oxygen atoms in total. The highest BCUT2D eigenvalue weighted by atomic mass is 16.1. The number of carbonyl (C=O) groups excluding carboxylic acids is 1. The molecule has 126 valence electrons. The topological polar surface area (TPSA) is 17.1 Å². The molecule has 0 aliphatic carbocycles. The fourth-order valence-electron chi connectivity index (χ4n) is 3.18. The van der Waals surface area contributed by atoms with Gasteiger partial charge in [0.05, 0.1) is 0 Å². The molecule has 0 aliphatic heterocycles. The van der Waals surface area contributed by atoms with E-state index in [1.165, 1.54) is 89.9 Å². The molecular weight excluding hydrogens is 256 g/mol. The molecule has 0 aromatic rings. The lowest BCUT2D eigenvalue weighted by molar-refractivity contribution is -0.118. The highest BCUT2D eigenvalue weighted by Crippen LogP contribution is 2.22. The highest BCUT2D eigenvalue weighted by molar-refractivity contribution is 5.75. The van der Waals surface area contributed by atoms with Gasteiger partial charge < -0.3 is 4.79 Å². The number of hydrogen-bond donors (Lipinski definition) is 0. The fraction of sp³-hybridized carbons (Fsp3) is 0.950. The van der Waals surface area contributed by atoms with Crippen molar-refractivity contribution < 1.29 is 4.79 Å². The summed E-state index contributed by atoms with van der Waals surface area (Å²) in [5.74, 6) is 1.05. The van der Waals surface area contributed by atoms with Gasteiger partial charge in [-0.25, -0.2) is 0 Å². The zero-order chi connectivity index (χ0) is 15.8. The van der Waals surface area contributed by atoms with Gasteiger partial charge in [0.25, 0.3) is 0 Å². The normalized spacial score (nSPS) is 11.2. The molecule has 0 saturated heterocycles. The van der Waals surface area contributed by atoms with E-state index in [-0.39, 0.29) is 0 Å². The standard InChI is InChI=1S/C20H40O/c1-4-6-8-10-12-14-16-20(18-19(3)21)17-15-13-11-9-7-5-2/h20H,4-18H2,1-3H3. The maximum Gasteiger partial charge on any atom is 0.130 e. The molecule has 0 bridgehead atoms. The van der Waals surface area contributed by atoms with Crippen molar-refractivity contribution in [3.8, 4) is 0 Å². The molecule has 0 spiro atoms. The summed E-state index contributed by atoms with van der Waals surface area (Å²) in [6.07, 6.45) is 19.8. The number of unbranched alkanes of at least 4 members (excludes halogenated alkanes) is 10. The summed E-state index contributed by atoms with van der Waals surface area (Å²) in [7, 11) is 0. The Bertz CT molecular complexity index is 206. The third-order valence-electron chi connectivity index (χ3n) is 4.51. The zero-order valence-electron chi connectivity index (χ0n) is 15.1. The first-order chi connectivity index (χ1) is 10.2. The van der Waals surface area contributed by atoms with Crippen molar-refractivity contribution in [1.82, 2.24) is 0 Å². The van der Waals surface area contributed by atoms with Gasteiger partial charge >= 0.3 is 0 Å². The summed E-state index contributed by atoms with van der Waals surface area (Å²) in [5, 5.41) is 0. The lowest BCUT2D eigenvalue weighted by Crippen LogP contribution is -2.06. The number of carbonyl (C=O) groups is 1. The lowest BCUT2D eigenvalue weighted by atomic mass is 9.90. The summed E-state index contributed by atoms with van der Waals surface area (Å²) < 4.78 is 0. The number of ketones is 1. The van der Waals surface area contributed by atoms with Crippen LogP contribution in [-0.4, -0.2) is 5.78 Å². The van der Waals surface area contributed by atoms with Gasteiger partial charge in [0.2, 0.25) is 0 Å². The van der Waals surface area contributed by atoms with Crippen LogP contribution >= 0.6 is 0 Å². The zero-order valence-corrected chi connectivity index (χ0v) is 15.1. The lowest BCUT2D eigenvalue weighted by Gasteiger charge is -2.15. The predicted molar refractivity (Wildman–Crippen MR) is 94.8 cm³/mol. The molecule has 0 amide bonds. The Morgan fingerprint density at radius 2 is 1.05 bits per heavy atom. The third kappa shape index (κ3) is 15.9. The summed E-state index contributed by atoms with van der Waals surface area (Å²) in [5.41, 5.74) is 0. The number of rotatable bonds is 16. The van der Waals surface area contributed by atoms with Gasteiger partial charge in [-0.15, -0.1) is 0 Å². The SMILES string of the molecule is CCCCCCCCC(CCCCCCCC)CC(C)=O. The Kier molecular flexibility index (Phi) is 15.8. The van der Waals surface area contributed by atoms with E-state index >= 15 is 0 Å². The molecule has 1 heteroatoms. The largest absolute Gasteiger partial charge is 0.300 e. The molecule has 0 unspecified atom stereocenters. The van der Waals surface area contributed by atoms with E-state index in [1.54, 1.807) is 6.92 Å². The molecular formula is C20H40O. The van der Waals surface area contributed by atoms with Crippen LogP contribution in [0.5, 0.6) is 0 Å². The minimum Gasteiger partial charge on any atom is -0.300 e. The maximum absolute atomic E-state index is 11.4. The molecule has 0 aliphatic rings. The molecule has 0 N–H and O–H groups in total. The molecule has 0 radical (unpaired) electrons. The van der Waals surface area contributed by atoms with Crippen LogP contribution in [0.25, 0.3) is 0 Å². The molecule has 0 atom stereocenters. The third-order valence-corrected chi connectivity index (χ3v) is 4.51. The molecule has 21 heavy (non-hydrogen) atoms. The molecule has 0 rings (SSSR count). The van der Waals surface area contributed by atoms with Gasteiger partial charge in [0.1, 0.15) is 5.78 Å². The van der Waals surface area contributed by atoms with E-state index in [2.05, 4.69) is 13.8 Å². The Hall–Kier alpha value is -0.330. The molecule has 0 fully saturated rings. The second-order valence-electron chi connectivity index (χ2n) is 6.89. The molecule has 0 aromatic carbocycles. The minimum atomic E-state index is 0.386. The van der Waals surface area contributed by atoms with Crippen LogP contribution in [0.1, 0.15) is 117 Å². The van der Waals surface area contributed by atoms with Crippen LogP contribution in [0.4, 0.5) is 0 Å². The summed E-state index contributed by atoms with van der Waals surface area (Å²) in [6, 6.07) is 0. The van der Waals surface area contributed by atoms with Gasteiger partial charge in [-0.3, -0.25) is 0 Å². The quantitative estimate of drug-likeness (QED) is 0.278. The Balaban J connectivity index is 3.64. The monoisotopic (exact) mass is 296 g/mol. The smallest absolute Gasteiger partial charge is 0.130 e. The van der Waals surface area contributed by atoms with Crippen LogP contribution in [-0.2, 0) is 4.79 Å². The predicted octanol–water partition coefficient (Wildman–Crippen LogP) is 7.08. The van der Waals surface area contributed by atoms with E-state index in [0.717, 1.165) is 6.42 Å².